The van der Waals surface area contributed by atoms with Gasteiger partial charge >= 0.3 is 0 Å². The summed E-state index contributed by atoms with van der Waals surface area (Å²) < 4.78 is 13.2. The molecule has 0 bridgehead atoms. The van der Waals surface area contributed by atoms with Gasteiger partial charge in [-0.2, -0.15) is 0 Å². The molecule has 32 heavy (non-hydrogen) atoms. The number of nitro groups is 1. The van der Waals surface area contributed by atoms with E-state index in [1.165, 1.54) is 11.8 Å². The van der Waals surface area contributed by atoms with E-state index in [1.54, 1.807) is 36.4 Å². The summed E-state index contributed by atoms with van der Waals surface area (Å²) >= 11 is 7.28. The fourth-order valence-corrected chi connectivity index (χ4v) is 4.33. The molecule has 0 saturated heterocycles. The molecule has 2 aromatic carbocycles. The lowest BCUT2D eigenvalue weighted by Gasteiger charge is -2.17. The molecule has 0 amide bonds. The first-order chi connectivity index (χ1) is 15.4. The molecule has 0 fully saturated rings. The maximum absolute atomic E-state index is 11.5. The van der Waals surface area contributed by atoms with Crippen LogP contribution in [0.2, 0.25) is 5.02 Å². The van der Waals surface area contributed by atoms with Crippen LogP contribution in [0, 0.1) is 17.0 Å². The van der Waals surface area contributed by atoms with Crippen molar-refractivity contribution >= 4 is 23.4 Å². The Morgan fingerprint density at radius 1 is 1.22 bits per heavy atom. The highest BCUT2D eigenvalue weighted by atomic mass is 35.5. The summed E-state index contributed by atoms with van der Waals surface area (Å²) in [5, 5.41) is 20.5. The van der Waals surface area contributed by atoms with Crippen LogP contribution >= 0.6 is 23.4 Å². The molecule has 0 aliphatic rings. The van der Waals surface area contributed by atoms with Crippen LogP contribution in [0.5, 0.6) is 11.5 Å². The van der Waals surface area contributed by atoms with Crippen molar-refractivity contribution in [1.82, 2.24) is 14.8 Å². The highest BCUT2D eigenvalue weighted by Crippen LogP contribution is 2.39. The third-order valence-electron chi connectivity index (χ3n) is 4.44. The van der Waals surface area contributed by atoms with Crippen LogP contribution in [0.25, 0.3) is 5.69 Å². The van der Waals surface area contributed by atoms with Crippen LogP contribution in [-0.2, 0) is 0 Å². The van der Waals surface area contributed by atoms with Crippen molar-refractivity contribution in [3.8, 4) is 17.2 Å². The van der Waals surface area contributed by atoms with E-state index in [9.17, 15) is 10.1 Å². The van der Waals surface area contributed by atoms with E-state index in [4.69, 9.17) is 21.1 Å². The van der Waals surface area contributed by atoms with Gasteiger partial charge in [0.25, 0.3) is 0 Å². The van der Waals surface area contributed by atoms with Gasteiger partial charge in [0.1, 0.15) is 17.7 Å². The number of rotatable bonds is 11. The minimum Gasteiger partial charge on any atom is -0.490 e. The van der Waals surface area contributed by atoms with Crippen molar-refractivity contribution in [3.63, 3.8) is 0 Å². The molecule has 10 heteroatoms. The number of nitrogens with zero attached hydrogens (tertiary/aromatic N) is 4. The van der Waals surface area contributed by atoms with Crippen LogP contribution in [0.15, 0.2) is 60.3 Å². The fraction of sp³-hybridized carbons (Fsp3) is 0.273. The minimum atomic E-state index is -0.521. The average Bonchev–Trinajstić information content (AvgIpc) is 3.13. The summed E-state index contributed by atoms with van der Waals surface area (Å²) in [5.74, 6) is 1.74. The first-order valence-electron chi connectivity index (χ1n) is 9.89. The second kappa shape index (κ2) is 11.0. The molecule has 0 saturated carbocycles. The molecule has 1 atom stereocenters. The summed E-state index contributed by atoms with van der Waals surface area (Å²) in [4.78, 5) is 11.1. The molecule has 0 aliphatic carbocycles. The Labute approximate surface area is 195 Å². The van der Waals surface area contributed by atoms with Gasteiger partial charge in [0.15, 0.2) is 16.7 Å². The third-order valence-corrected chi connectivity index (χ3v) is 5.87. The largest absolute Gasteiger partial charge is 0.490 e. The zero-order valence-corrected chi connectivity index (χ0v) is 19.3. The number of ether oxygens (including phenoxy) is 2. The monoisotopic (exact) mass is 474 g/mol. The molecule has 168 valence electrons. The first-order valence-corrected chi connectivity index (χ1v) is 11.2. The number of halogens is 1. The third kappa shape index (κ3) is 5.80. The Bertz CT molecular complexity index is 1090. The van der Waals surface area contributed by atoms with Gasteiger partial charge in [0.05, 0.1) is 6.61 Å². The Kier molecular flexibility index (Phi) is 8.13. The molecule has 8 nitrogen and oxygen atoms in total. The number of benzene rings is 2. The van der Waals surface area contributed by atoms with E-state index in [0.717, 1.165) is 11.3 Å². The average molecular weight is 475 g/mol. The zero-order chi connectivity index (χ0) is 23.1. The molecular weight excluding hydrogens is 452 g/mol. The molecule has 1 aromatic heterocycles. The molecule has 3 rings (SSSR count). The van der Waals surface area contributed by atoms with E-state index in [0.29, 0.717) is 40.7 Å². The SMILES string of the molecule is C=CCOc1ccc([C@@H](C[N+](=O)[O-])Sc2nnc(C)n2-c2ccc(Cl)cc2)cc1OCC. The number of aromatic nitrogens is 3. The van der Waals surface area contributed by atoms with Crippen molar-refractivity contribution in [2.24, 2.45) is 0 Å². The second-order valence-corrected chi connectivity index (χ2v) is 8.31. The molecule has 1 heterocycles. The van der Waals surface area contributed by atoms with Crippen molar-refractivity contribution in [2.75, 3.05) is 19.8 Å². The van der Waals surface area contributed by atoms with E-state index >= 15 is 0 Å². The standard InChI is InChI=1S/C22H23ClN4O4S/c1-4-12-31-19-11-6-16(13-20(19)30-5-2)21(14-26(28)29)32-22-25-24-15(3)27(22)18-9-7-17(23)8-10-18/h4,6-11,13,21H,1,5,12,14H2,2-3H3/t21-/m1/s1. The van der Waals surface area contributed by atoms with Gasteiger partial charge < -0.3 is 9.47 Å². The van der Waals surface area contributed by atoms with Gasteiger partial charge in [0.2, 0.25) is 6.54 Å². The van der Waals surface area contributed by atoms with Crippen LogP contribution in [0.1, 0.15) is 23.6 Å². The Balaban J connectivity index is 1.97. The zero-order valence-electron chi connectivity index (χ0n) is 17.7. The first kappa shape index (κ1) is 23.6. The van der Waals surface area contributed by atoms with E-state index in [1.807, 2.05) is 30.5 Å². The lowest BCUT2D eigenvalue weighted by atomic mass is 10.1. The van der Waals surface area contributed by atoms with Crippen molar-refractivity contribution in [1.29, 1.82) is 0 Å². The fourth-order valence-electron chi connectivity index (χ4n) is 3.04. The molecule has 0 spiro atoms. The molecule has 0 N–H and O–H groups in total. The summed E-state index contributed by atoms with van der Waals surface area (Å²) in [6.45, 7) is 7.81. The van der Waals surface area contributed by atoms with Crippen LogP contribution in [0.4, 0.5) is 0 Å². The lowest BCUT2D eigenvalue weighted by molar-refractivity contribution is -0.479. The quantitative estimate of drug-likeness (QED) is 0.161. The number of hydrogen-bond acceptors (Lipinski definition) is 7. The second-order valence-electron chi connectivity index (χ2n) is 6.70. The van der Waals surface area contributed by atoms with Crippen molar-refractivity contribution in [2.45, 2.75) is 24.3 Å². The predicted molar refractivity (Wildman–Crippen MR) is 125 cm³/mol. The Morgan fingerprint density at radius 2 is 1.97 bits per heavy atom. The van der Waals surface area contributed by atoms with Gasteiger partial charge in [-0.1, -0.05) is 42.1 Å². The normalized spacial score (nSPS) is 11.7. The van der Waals surface area contributed by atoms with Gasteiger partial charge in [-0.3, -0.25) is 14.7 Å². The van der Waals surface area contributed by atoms with Gasteiger partial charge in [-0.25, -0.2) is 0 Å². The number of hydrogen-bond donors (Lipinski definition) is 0. The number of aryl methyl sites for hydroxylation is 1. The highest BCUT2D eigenvalue weighted by molar-refractivity contribution is 7.99. The van der Waals surface area contributed by atoms with Gasteiger partial charge in [0, 0.05) is 15.6 Å². The minimum absolute atomic E-state index is 0.296. The van der Waals surface area contributed by atoms with Crippen molar-refractivity contribution < 1.29 is 14.4 Å². The van der Waals surface area contributed by atoms with Gasteiger partial charge in [-0.15, -0.1) is 10.2 Å². The lowest BCUT2D eigenvalue weighted by Crippen LogP contribution is -2.11. The number of thioether (sulfide) groups is 1. The van der Waals surface area contributed by atoms with Gasteiger partial charge in [-0.05, 0) is 55.8 Å². The molecule has 0 radical (unpaired) electrons. The molecular formula is C22H23ClN4O4S. The summed E-state index contributed by atoms with van der Waals surface area (Å²) in [7, 11) is 0. The van der Waals surface area contributed by atoms with Crippen molar-refractivity contribution in [3.05, 3.63) is 81.6 Å². The van der Waals surface area contributed by atoms with Crippen LogP contribution in [0.3, 0.4) is 0 Å². The summed E-state index contributed by atoms with van der Waals surface area (Å²) in [6.07, 6.45) is 1.64. The van der Waals surface area contributed by atoms with E-state index in [-0.39, 0.29) is 11.5 Å². The Hall–Kier alpha value is -3.04. The summed E-state index contributed by atoms with van der Waals surface area (Å²) in [5.41, 5.74) is 1.55. The smallest absolute Gasteiger partial charge is 0.220 e. The topological polar surface area (TPSA) is 92.3 Å². The summed E-state index contributed by atoms with van der Waals surface area (Å²) in [6, 6.07) is 12.6. The molecule has 0 unspecified atom stereocenters. The van der Waals surface area contributed by atoms with E-state index in [2.05, 4.69) is 16.8 Å². The molecule has 0 aliphatic heterocycles. The maximum atomic E-state index is 11.5. The van der Waals surface area contributed by atoms with Crippen LogP contribution < -0.4 is 9.47 Å². The van der Waals surface area contributed by atoms with E-state index < -0.39 is 5.25 Å². The maximum Gasteiger partial charge on any atom is 0.220 e. The van der Waals surface area contributed by atoms with Crippen LogP contribution in [-0.4, -0.2) is 39.4 Å². The Morgan fingerprint density at radius 3 is 2.62 bits per heavy atom. The predicted octanol–water partition coefficient (Wildman–Crippen LogP) is 5.30. The highest BCUT2D eigenvalue weighted by Gasteiger charge is 2.25. The molecule has 3 aromatic rings.